The number of halogens is 1. The Kier molecular flexibility index (Phi) is 8.55. The van der Waals surface area contributed by atoms with Gasteiger partial charge in [0.15, 0.2) is 0 Å². The second-order valence-corrected chi connectivity index (χ2v) is 12.2. The second kappa shape index (κ2) is 12.4. The minimum absolute atomic E-state index is 0.0826. The number of nitrogens with zero attached hydrogens (tertiary/aromatic N) is 1. The lowest BCUT2D eigenvalue weighted by molar-refractivity contribution is -0.122. The summed E-state index contributed by atoms with van der Waals surface area (Å²) in [5.41, 5.74) is 5.20. The predicted octanol–water partition coefficient (Wildman–Crippen LogP) is 4.07. The van der Waals surface area contributed by atoms with Gasteiger partial charge in [-0.3, -0.25) is 14.5 Å². The van der Waals surface area contributed by atoms with E-state index in [1.54, 1.807) is 24.3 Å². The molecule has 6 rings (SSSR count). The minimum atomic E-state index is -1.73. The van der Waals surface area contributed by atoms with Gasteiger partial charge in [-0.2, -0.15) is 0 Å². The van der Waals surface area contributed by atoms with Crippen LogP contribution < -0.4 is 10.4 Å². The predicted molar refractivity (Wildman–Crippen MR) is 171 cm³/mol. The van der Waals surface area contributed by atoms with Crippen molar-refractivity contribution in [1.82, 2.24) is 0 Å². The molecule has 2 saturated heterocycles. The van der Waals surface area contributed by atoms with Gasteiger partial charge in [0.05, 0.1) is 28.6 Å². The molecule has 0 spiro atoms. The summed E-state index contributed by atoms with van der Waals surface area (Å²) in [4.78, 5) is 28.7. The number of carbonyl (C=O) groups is 2. The Morgan fingerprint density at radius 1 is 1.05 bits per heavy atom. The van der Waals surface area contributed by atoms with Crippen molar-refractivity contribution in [2.24, 2.45) is 17.8 Å². The lowest BCUT2D eigenvalue weighted by Crippen LogP contribution is -2.46. The second-order valence-electron chi connectivity index (χ2n) is 11.8. The number of imide groups is 1. The van der Waals surface area contributed by atoms with Gasteiger partial charge in [0.25, 0.3) is 0 Å². The summed E-state index contributed by atoms with van der Waals surface area (Å²) < 4.78 is 6.11. The summed E-state index contributed by atoms with van der Waals surface area (Å²) in [6, 6.07) is 20.9. The number of carbonyl (C=O) groups excluding carboxylic acids is 2. The van der Waals surface area contributed by atoms with Gasteiger partial charge >= 0.3 is 14.2 Å². The zero-order valence-electron chi connectivity index (χ0n) is 24.1. The van der Waals surface area contributed by atoms with Gasteiger partial charge in [-0.1, -0.05) is 59.6 Å². The Hall–Kier alpha value is -3.66. The van der Waals surface area contributed by atoms with Crippen LogP contribution in [0.25, 0.3) is 11.6 Å². The minimum Gasteiger partial charge on any atom is -0.508 e. The maximum atomic E-state index is 13.9. The van der Waals surface area contributed by atoms with Crippen molar-refractivity contribution in [3.63, 3.8) is 0 Å². The van der Waals surface area contributed by atoms with E-state index in [-0.39, 0.29) is 35.3 Å². The van der Waals surface area contributed by atoms with Gasteiger partial charge < -0.3 is 24.8 Å². The largest absolute Gasteiger partial charge is 0.508 e. The molecule has 11 heteroatoms. The van der Waals surface area contributed by atoms with Crippen LogP contribution in [0.1, 0.15) is 37.3 Å². The number of aromatic hydroxyl groups is 1. The molecule has 1 aliphatic carbocycles. The van der Waals surface area contributed by atoms with E-state index in [0.717, 1.165) is 32.7 Å². The third-order valence-corrected chi connectivity index (χ3v) is 9.34. The first-order valence-corrected chi connectivity index (χ1v) is 15.1. The molecule has 44 heavy (non-hydrogen) atoms. The molecule has 3 aliphatic rings. The number of rotatable bonds is 7. The van der Waals surface area contributed by atoms with Crippen LogP contribution in [0.5, 0.6) is 5.75 Å². The first-order valence-electron chi connectivity index (χ1n) is 14.7. The number of hydrogen-bond acceptors (Lipinski definition) is 7. The van der Waals surface area contributed by atoms with Crippen molar-refractivity contribution in [3.8, 4) is 5.75 Å². The summed E-state index contributed by atoms with van der Waals surface area (Å²) in [6.45, 7) is 1.97. The first-order chi connectivity index (χ1) is 21.1. The maximum absolute atomic E-state index is 13.9. The van der Waals surface area contributed by atoms with Crippen molar-refractivity contribution < 1.29 is 34.4 Å². The number of fused-ring (bicyclic) bond motifs is 3. The van der Waals surface area contributed by atoms with Gasteiger partial charge in [0.1, 0.15) is 5.75 Å². The fourth-order valence-electron chi connectivity index (χ4n) is 7.06. The molecule has 0 saturated carbocycles. The van der Waals surface area contributed by atoms with Crippen LogP contribution in [0.2, 0.25) is 11.3 Å². The van der Waals surface area contributed by atoms with Crippen LogP contribution in [-0.4, -0.2) is 52.3 Å². The van der Waals surface area contributed by atoms with E-state index in [4.69, 9.17) is 16.3 Å². The fourth-order valence-corrected chi connectivity index (χ4v) is 7.29. The molecule has 2 amide bonds. The van der Waals surface area contributed by atoms with Gasteiger partial charge in [0, 0.05) is 0 Å². The standard InChI is InChI=1S/C33H32B2ClNO7/c1-19-14-26-31(33(40)37(32(26)39)24-9-5-8-23(16-24)35(42)43)27-18-34(41)44-29(30(19)27)13-11-21(20-6-3-2-4-7-20)15-22-10-12-25(38)17-28(22)36/h2-10,12,15-17,26-27,29,31,38,41-43H,11,13-14,18H2,1H3/b21-15-/t26-,27+,29-,31-/m1/s1. The summed E-state index contributed by atoms with van der Waals surface area (Å²) >= 11 is 6.44. The molecule has 0 unspecified atom stereocenters. The number of anilines is 1. The Bertz CT molecular complexity index is 1660. The molecule has 3 aromatic carbocycles. The van der Waals surface area contributed by atoms with Crippen molar-refractivity contribution in [2.45, 2.75) is 38.6 Å². The Labute approximate surface area is 261 Å². The Morgan fingerprint density at radius 2 is 1.82 bits per heavy atom. The van der Waals surface area contributed by atoms with Crippen molar-refractivity contribution in [1.29, 1.82) is 0 Å². The highest BCUT2D eigenvalue weighted by atomic mass is 35.5. The quantitative estimate of drug-likeness (QED) is 0.137. The molecule has 0 radical (unpaired) electrons. The molecule has 0 aromatic heterocycles. The molecule has 4 atom stereocenters. The third kappa shape index (κ3) is 5.76. The van der Waals surface area contributed by atoms with Crippen molar-refractivity contribution >= 4 is 60.5 Å². The van der Waals surface area contributed by atoms with E-state index in [0.29, 0.717) is 30.0 Å². The molecular formula is C33H32B2ClNO7. The van der Waals surface area contributed by atoms with Crippen LogP contribution in [0.3, 0.4) is 0 Å². The smallest absolute Gasteiger partial charge is 0.488 e. The number of amides is 2. The average molecular weight is 612 g/mol. The average Bonchev–Trinajstić information content (AvgIpc) is 3.25. The number of allylic oxidation sites excluding steroid dienone is 2. The summed E-state index contributed by atoms with van der Waals surface area (Å²) in [5, 5.41) is 40.4. The van der Waals surface area contributed by atoms with E-state index < -0.39 is 32.2 Å². The van der Waals surface area contributed by atoms with Crippen molar-refractivity contribution in [3.05, 3.63) is 100 Å². The van der Waals surface area contributed by atoms with Crippen molar-refractivity contribution in [2.75, 3.05) is 4.90 Å². The molecule has 4 N–H and O–H groups in total. The molecule has 2 aliphatic heterocycles. The first kappa shape index (κ1) is 30.4. The highest BCUT2D eigenvalue weighted by Gasteiger charge is 2.57. The third-order valence-electron chi connectivity index (χ3n) is 9.01. The van der Waals surface area contributed by atoms with Crippen LogP contribution in [0.4, 0.5) is 5.69 Å². The molecule has 0 bridgehead atoms. The van der Waals surface area contributed by atoms with E-state index in [1.165, 1.54) is 18.2 Å². The summed E-state index contributed by atoms with van der Waals surface area (Å²) in [6.07, 6.45) is 3.23. The highest BCUT2D eigenvalue weighted by molar-refractivity contribution is 6.58. The van der Waals surface area contributed by atoms with Gasteiger partial charge in [-0.05, 0) is 103 Å². The lowest BCUT2D eigenvalue weighted by atomic mass is 9.58. The van der Waals surface area contributed by atoms with Gasteiger partial charge in [-0.15, -0.1) is 0 Å². The van der Waals surface area contributed by atoms with Crippen LogP contribution in [0.15, 0.2) is 83.9 Å². The van der Waals surface area contributed by atoms with E-state index in [2.05, 4.69) is 0 Å². The molecule has 8 nitrogen and oxygen atoms in total. The Balaban J connectivity index is 1.29. The molecule has 3 aromatic rings. The van der Waals surface area contributed by atoms with E-state index >= 15 is 0 Å². The Morgan fingerprint density at radius 3 is 2.55 bits per heavy atom. The monoisotopic (exact) mass is 611 g/mol. The zero-order valence-corrected chi connectivity index (χ0v) is 24.9. The molecule has 2 fully saturated rings. The highest BCUT2D eigenvalue weighted by Crippen LogP contribution is 2.51. The van der Waals surface area contributed by atoms with Gasteiger partial charge in [0.2, 0.25) is 11.8 Å². The maximum Gasteiger partial charge on any atom is 0.488 e. The lowest BCUT2D eigenvalue weighted by Gasteiger charge is -2.42. The zero-order chi connectivity index (χ0) is 31.1. The molecular weight excluding hydrogens is 579 g/mol. The molecule has 2 heterocycles. The summed E-state index contributed by atoms with van der Waals surface area (Å²) in [5.74, 6) is -2.17. The normalized spacial score (nSPS) is 23.6. The number of phenols is 1. The van der Waals surface area contributed by atoms with E-state index in [9.17, 15) is 29.8 Å². The number of hydrogen-bond donors (Lipinski definition) is 4. The SMILES string of the molecule is CC1=C2[C@@H](CC/C(=C/c3ccc(O)cc3Cl)c3ccccc3)OB(O)C[C@@H]2[C@@H]2C(=O)N(c3cccc(B(O)O)c3)C(=O)[C@@H]2C1. The fraction of sp³-hybridized carbons (Fsp3) is 0.273. The number of phenolic OH excluding ortho intramolecular Hbond substituents is 1. The summed E-state index contributed by atoms with van der Waals surface area (Å²) in [7, 11) is -2.83. The topological polar surface area (TPSA) is 128 Å². The number of benzene rings is 3. The van der Waals surface area contributed by atoms with Crippen LogP contribution in [-0.2, 0) is 14.2 Å². The molecule has 224 valence electrons. The van der Waals surface area contributed by atoms with E-state index in [1.807, 2.05) is 43.3 Å². The van der Waals surface area contributed by atoms with Crippen LogP contribution >= 0.6 is 11.6 Å². The van der Waals surface area contributed by atoms with Gasteiger partial charge in [-0.25, -0.2) is 0 Å². The van der Waals surface area contributed by atoms with Crippen LogP contribution in [0, 0.1) is 17.8 Å².